The summed E-state index contributed by atoms with van der Waals surface area (Å²) < 4.78 is 0. The molecule has 0 saturated carbocycles. The smallest absolute Gasteiger partial charge is 0.129 e. The molecule has 2 rings (SSSR count). The van der Waals surface area contributed by atoms with Crippen molar-refractivity contribution in [2.75, 3.05) is 18.0 Å². The molecule has 1 aromatic rings. The number of rotatable bonds is 3. The molecule has 0 amide bonds. The van der Waals surface area contributed by atoms with Crippen LogP contribution in [-0.2, 0) is 0 Å². The number of nitrogens with two attached hydrogens (primary N) is 1. The van der Waals surface area contributed by atoms with Gasteiger partial charge in [-0.1, -0.05) is 19.4 Å². The van der Waals surface area contributed by atoms with Gasteiger partial charge in [0.25, 0.3) is 0 Å². The van der Waals surface area contributed by atoms with Crippen molar-refractivity contribution < 1.29 is 0 Å². The molecule has 0 aliphatic carbocycles. The van der Waals surface area contributed by atoms with Crippen LogP contribution in [0, 0.1) is 12.8 Å². The Kier molecular flexibility index (Phi) is 4.00. The Morgan fingerprint density at radius 1 is 1.47 bits per heavy atom. The topological polar surface area (TPSA) is 42.2 Å². The summed E-state index contributed by atoms with van der Waals surface area (Å²) in [5.74, 6) is 1.93. The molecule has 0 radical (unpaired) electrons. The summed E-state index contributed by atoms with van der Waals surface area (Å²) in [5, 5.41) is 0. The number of hydrogen-bond donors (Lipinski definition) is 1. The summed E-state index contributed by atoms with van der Waals surface area (Å²) in [5.41, 5.74) is 7.00. The van der Waals surface area contributed by atoms with E-state index in [4.69, 9.17) is 5.73 Å². The van der Waals surface area contributed by atoms with Gasteiger partial charge in [-0.15, -0.1) is 0 Å². The number of pyridine rings is 1. The monoisotopic (exact) mass is 233 g/mol. The number of anilines is 1. The lowest BCUT2D eigenvalue weighted by molar-refractivity contribution is 0.334. The lowest BCUT2D eigenvalue weighted by atomic mass is 9.89. The molecular formula is C14H23N3. The molecule has 1 fully saturated rings. The maximum absolute atomic E-state index is 5.92. The number of aryl methyl sites for hydroxylation is 1. The lowest BCUT2D eigenvalue weighted by Crippen LogP contribution is -2.47. The van der Waals surface area contributed by atoms with E-state index in [1.165, 1.54) is 19.3 Å². The van der Waals surface area contributed by atoms with Gasteiger partial charge in [-0.2, -0.15) is 0 Å². The van der Waals surface area contributed by atoms with Gasteiger partial charge in [0.1, 0.15) is 5.82 Å². The van der Waals surface area contributed by atoms with E-state index in [9.17, 15) is 0 Å². The highest BCUT2D eigenvalue weighted by Gasteiger charge is 2.27. The van der Waals surface area contributed by atoms with Crippen LogP contribution in [0.2, 0.25) is 0 Å². The van der Waals surface area contributed by atoms with E-state index in [-0.39, 0.29) is 0 Å². The Balaban J connectivity index is 2.15. The fourth-order valence-electron chi connectivity index (χ4n) is 2.72. The fourth-order valence-corrected chi connectivity index (χ4v) is 2.72. The molecule has 2 N–H and O–H groups in total. The van der Waals surface area contributed by atoms with Crippen molar-refractivity contribution in [2.24, 2.45) is 11.7 Å². The zero-order valence-corrected chi connectivity index (χ0v) is 10.9. The first-order valence-corrected chi connectivity index (χ1v) is 6.65. The third-order valence-electron chi connectivity index (χ3n) is 3.84. The minimum atomic E-state index is 0.461. The van der Waals surface area contributed by atoms with Crippen LogP contribution in [0.15, 0.2) is 18.2 Å². The van der Waals surface area contributed by atoms with Crippen LogP contribution < -0.4 is 10.6 Å². The predicted octanol–water partition coefficient (Wildman–Crippen LogP) is 2.34. The van der Waals surface area contributed by atoms with Crippen LogP contribution in [0.5, 0.6) is 0 Å². The van der Waals surface area contributed by atoms with E-state index >= 15 is 0 Å². The van der Waals surface area contributed by atoms with Crippen LogP contribution in [0.4, 0.5) is 5.82 Å². The SMILES string of the molecule is CCC1CCN(c2cccc(C)n2)C(CN)C1. The van der Waals surface area contributed by atoms with Gasteiger partial charge >= 0.3 is 0 Å². The highest BCUT2D eigenvalue weighted by atomic mass is 15.2. The van der Waals surface area contributed by atoms with Crippen molar-refractivity contribution in [2.45, 2.75) is 39.2 Å². The van der Waals surface area contributed by atoms with Crippen LogP contribution >= 0.6 is 0 Å². The second-order valence-corrected chi connectivity index (χ2v) is 5.02. The van der Waals surface area contributed by atoms with Gasteiger partial charge < -0.3 is 10.6 Å². The number of piperidine rings is 1. The predicted molar refractivity (Wildman–Crippen MR) is 72.2 cm³/mol. The molecule has 2 unspecified atom stereocenters. The maximum Gasteiger partial charge on any atom is 0.129 e. The van der Waals surface area contributed by atoms with E-state index in [2.05, 4.69) is 28.9 Å². The molecule has 2 atom stereocenters. The second-order valence-electron chi connectivity index (χ2n) is 5.02. The van der Waals surface area contributed by atoms with Crippen molar-refractivity contribution in [3.63, 3.8) is 0 Å². The molecule has 17 heavy (non-hydrogen) atoms. The first-order chi connectivity index (χ1) is 8.24. The van der Waals surface area contributed by atoms with Crippen LogP contribution in [0.3, 0.4) is 0 Å². The Hall–Kier alpha value is -1.09. The van der Waals surface area contributed by atoms with Crippen LogP contribution in [0.25, 0.3) is 0 Å². The van der Waals surface area contributed by atoms with E-state index in [1.54, 1.807) is 0 Å². The Morgan fingerprint density at radius 3 is 2.94 bits per heavy atom. The standard InChI is InChI=1S/C14H23N3/c1-3-12-7-8-17(13(9-12)10-15)14-6-4-5-11(2)16-14/h4-6,12-13H,3,7-10,15H2,1-2H3. The molecule has 0 bridgehead atoms. The van der Waals surface area contributed by atoms with E-state index in [1.807, 2.05) is 13.0 Å². The summed E-state index contributed by atoms with van der Waals surface area (Å²) in [7, 11) is 0. The Labute approximate surface area is 104 Å². The normalized spacial score (nSPS) is 25.0. The van der Waals surface area contributed by atoms with E-state index in [0.29, 0.717) is 6.04 Å². The highest BCUT2D eigenvalue weighted by molar-refractivity contribution is 5.41. The van der Waals surface area contributed by atoms with Gasteiger partial charge in [0.15, 0.2) is 0 Å². The Morgan fingerprint density at radius 2 is 2.29 bits per heavy atom. The largest absolute Gasteiger partial charge is 0.352 e. The average molecular weight is 233 g/mol. The van der Waals surface area contributed by atoms with Crippen LogP contribution in [-0.4, -0.2) is 24.1 Å². The quantitative estimate of drug-likeness (QED) is 0.871. The van der Waals surface area contributed by atoms with Crippen molar-refractivity contribution in [1.29, 1.82) is 0 Å². The molecule has 3 heteroatoms. The first-order valence-electron chi connectivity index (χ1n) is 6.65. The third kappa shape index (κ3) is 2.78. The van der Waals surface area contributed by atoms with Gasteiger partial charge in [-0.25, -0.2) is 4.98 Å². The number of hydrogen-bond acceptors (Lipinski definition) is 3. The Bertz CT molecular complexity index is 364. The lowest BCUT2D eigenvalue weighted by Gasteiger charge is -2.39. The molecule has 0 spiro atoms. The fraction of sp³-hybridized carbons (Fsp3) is 0.643. The van der Waals surface area contributed by atoms with Crippen molar-refractivity contribution in [3.05, 3.63) is 23.9 Å². The van der Waals surface area contributed by atoms with Crippen molar-refractivity contribution in [1.82, 2.24) is 4.98 Å². The van der Waals surface area contributed by atoms with Crippen LogP contribution in [0.1, 0.15) is 31.9 Å². The summed E-state index contributed by atoms with van der Waals surface area (Å²) in [4.78, 5) is 7.00. The molecule has 1 aliphatic heterocycles. The zero-order chi connectivity index (χ0) is 12.3. The number of nitrogens with zero attached hydrogens (tertiary/aromatic N) is 2. The average Bonchev–Trinajstić information content (AvgIpc) is 2.38. The van der Waals surface area contributed by atoms with Gasteiger partial charge in [0.05, 0.1) is 0 Å². The maximum atomic E-state index is 5.92. The third-order valence-corrected chi connectivity index (χ3v) is 3.84. The molecule has 0 aromatic carbocycles. The highest BCUT2D eigenvalue weighted by Crippen LogP contribution is 2.28. The molecule has 1 aliphatic rings. The summed E-state index contributed by atoms with van der Waals surface area (Å²) >= 11 is 0. The minimum absolute atomic E-state index is 0.461. The van der Waals surface area contributed by atoms with E-state index < -0.39 is 0 Å². The van der Waals surface area contributed by atoms with Gasteiger partial charge in [-0.05, 0) is 37.8 Å². The van der Waals surface area contributed by atoms with E-state index in [0.717, 1.165) is 30.5 Å². The van der Waals surface area contributed by atoms with Crippen molar-refractivity contribution >= 4 is 5.82 Å². The molecule has 1 saturated heterocycles. The summed E-state index contributed by atoms with van der Waals surface area (Å²) in [6.07, 6.45) is 3.75. The molecule has 1 aromatic heterocycles. The molecule has 94 valence electrons. The second kappa shape index (κ2) is 5.50. The zero-order valence-electron chi connectivity index (χ0n) is 10.9. The van der Waals surface area contributed by atoms with Gasteiger partial charge in [0.2, 0.25) is 0 Å². The molecular weight excluding hydrogens is 210 g/mol. The van der Waals surface area contributed by atoms with Gasteiger partial charge in [0, 0.05) is 24.8 Å². The minimum Gasteiger partial charge on any atom is -0.352 e. The van der Waals surface area contributed by atoms with Gasteiger partial charge in [-0.3, -0.25) is 0 Å². The summed E-state index contributed by atoms with van der Waals surface area (Å²) in [6, 6.07) is 6.68. The first kappa shape index (κ1) is 12.4. The molecule has 3 nitrogen and oxygen atoms in total. The molecule has 2 heterocycles. The number of aromatic nitrogens is 1. The van der Waals surface area contributed by atoms with Crippen molar-refractivity contribution in [3.8, 4) is 0 Å². The summed E-state index contributed by atoms with van der Waals surface area (Å²) in [6.45, 7) is 6.14.